The third kappa shape index (κ3) is 5.20. The Labute approximate surface area is 114 Å². The molecule has 4 heteroatoms. The van der Waals surface area contributed by atoms with Gasteiger partial charge in [-0.15, -0.1) is 0 Å². The van der Waals surface area contributed by atoms with Crippen molar-refractivity contribution in [2.75, 3.05) is 13.2 Å². The number of hydrogen-bond acceptors (Lipinski definition) is 4. The molecule has 0 fully saturated rings. The summed E-state index contributed by atoms with van der Waals surface area (Å²) in [6.07, 6.45) is 4.27. The standard InChI is InChI=1S/C15H22O4/c1-3-5-6-7-10-19-15(17)12-8-9-13(16)14(11-12)18-4-2/h8-9,11,16H,3-7,10H2,1-2H3. The van der Waals surface area contributed by atoms with Gasteiger partial charge < -0.3 is 14.6 Å². The Balaban J connectivity index is 2.50. The van der Waals surface area contributed by atoms with E-state index in [1.807, 2.05) is 6.92 Å². The Morgan fingerprint density at radius 2 is 2.00 bits per heavy atom. The third-order valence-electron chi connectivity index (χ3n) is 2.73. The van der Waals surface area contributed by atoms with Gasteiger partial charge in [-0.25, -0.2) is 4.79 Å². The highest BCUT2D eigenvalue weighted by Crippen LogP contribution is 2.27. The fraction of sp³-hybridized carbons (Fsp3) is 0.533. The van der Waals surface area contributed by atoms with Crippen LogP contribution in [0.4, 0.5) is 0 Å². The Kier molecular flexibility index (Phi) is 6.79. The molecule has 0 aliphatic heterocycles. The summed E-state index contributed by atoms with van der Waals surface area (Å²) in [5.41, 5.74) is 0.400. The van der Waals surface area contributed by atoms with Gasteiger partial charge in [0, 0.05) is 0 Å². The molecule has 0 unspecified atom stereocenters. The van der Waals surface area contributed by atoms with Crippen LogP contribution in [0.25, 0.3) is 0 Å². The van der Waals surface area contributed by atoms with E-state index in [1.54, 1.807) is 0 Å². The molecule has 1 aromatic carbocycles. The van der Waals surface area contributed by atoms with E-state index in [0.29, 0.717) is 24.5 Å². The first kappa shape index (κ1) is 15.3. The van der Waals surface area contributed by atoms with Crippen molar-refractivity contribution in [3.63, 3.8) is 0 Å². The number of hydrogen-bond donors (Lipinski definition) is 1. The summed E-state index contributed by atoms with van der Waals surface area (Å²) in [6.45, 7) is 4.82. The summed E-state index contributed by atoms with van der Waals surface area (Å²) < 4.78 is 10.4. The van der Waals surface area contributed by atoms with Crippen LogP contribution in [0, 0.1) is 0 Å². The van der Waals surface area contributed by atoms with E-state index in [9.17, 15) is 9.90 Å². The van der Waals surface area contributed by atoms with Gasteiger partial charge in [0.05, 0.1) is 18.8 Å². The second-order valence-corrected chi connectivity index (χ2v) is 4.31. The number of carbonyl (C=O) groups is 1. The zero-order valence-electron chi connectivity index (χ0n) is 11.6. The normalized spacial score (nSPS) is 10.2. The minimum atomic E-state index is -0.377. The van der Waals surface area contributed by atoms with E-state index in [1.165, 1.54) is 18.2 Å². The first-order valence-electron chi connectivity index (χ1n) is 6.82. The molecule has 1 rings (SSSR count). The minimum Gasteiger partial charge on any atom is -0.504 e. The predicted octanol–water partition coefficient (Wildman–Crippen LogP) is 3.53. The van der Waals surface area contributed by atoms with Gasteiger partial charge in [0.2, 0.25) is 0 Å². The molecule has 0 saturated carbocycles. The van der Waals surface area contributed by atoms with Crippen LogP contribution in [0.15, 0.2) is 18.2 Å². The monoisotopic (exact) mass is 266 g/mol. The largest absolute Gasteiger partial charge is 0.504 e. The molecule has 1 N–H and O–H groups in total. The lowest BCUT2D eigenvalue weighted by molar-refractivity contribution is 0.0497. The fourth-order valence-electron chi connectivity index (χ4n) is 1.69. The summed E-state index contributed by atoms with van der Waals surface area (Å²) in [4.78, 5) is 11.8. The predicted molar refractivity (Wildman–Crippen MR) is 73.7 cm³/mol. The highest BCUT2D eigenvalue weighted by molar-refractivity contribution is 5.90. The van der Waals surface area contributed by atoms with Crippen molar-refractivity contribution in [3.8, 4) is 11.5 Å². The zero-order valence-corrected chi connectivity index (χ0v) is 11.6. The van der Waals surface area contributed by atoms with Gasteiger partial charge in [-0.1, -0.05) is 26.2 Å². The number of ether oxygens (including phenoxy) is 2. The van der Waals surface area contributed by atoms with Gasteiger partial charge in [0.25, 0.3) is 0 Å². The number of benzene rings is 1. The average molecular weight is 266 g/mol. The Bertz CT molecular complexity index is 401. The van der Waals surface area contributed by atoms with Gasteiger partial charge >= 0.3 is 5.97 Å². The maximum atomic E-state index is 11.8. The molecule has 106 valence electrons. The average Bonchev–Trinajstić information content (AvgIpc) is 2.41. The number of phenols is 1. The Morgan fingerprint density at radius 1 is 1.21 bits per heavy atom. The lowest BCUT2D eigenvalue weighted by Gasteiger charge is -2.08. The van der Waals surface area contributed by atoms with Gasteiger partial charge in [0.1, 0.15) is 0 Å². The lowest BCUT2D eigenvalue weighted by Crippen LogP contribution is -2.07. The number of esters is 1. The van der Waals surface area contributed by atoms with Gasteiger partial charge in [-0.2, -0.15) is 0 Å². The van der Waals surface area contributed by atoms with Gasteiger partial charge in [-0.3, -0.25) is 0 Å². The molecular weight excluding hydrogens is 244 g/mol. The molecule has 0 amide bonds. The summed E-state index contributed by atoms with van der Waals surface area (Å²) in [5, 5.41) is 9.54. The highest BCUT2D eigenvalue weighted by Gasteiger charge is 2.11. The molecule has 0 spiro atoms. The lowest BCUT2D eigenvalue weighted by atomic mass is 10.2. The molecule has 4 nitrogen and oxygen atoms in total. The topological polar surface area (TPSA) is 55.8 Å². The summed E-state index contributed by atoms with van der Waals surface area (Å²) in [7, 11) is 0. The van der Waals surface area contributed by atoms with E-state index >= 15 is 0 Å². The molecule has 0 bridgehead atoms. The maximum Gasteiger partial charge on any atom is 0.338 e. The van der Waals surface area contributed by atoms with Gasteiger partial charge in [-0.05, 0) is 31.5 Å². The van der Waals surface area contributed by atoms with Crippen LogP contribution in [0.3, 0.4) is 0 Å². The molecule has 19 heavy (non-hydrogen) atoms. The molecule has 0 atom stereocenters. The smallest absolute Gasteiger partial charge is 0.338 e. The van der Waals surface area contributed by atoms with E-state index in [0.717, 1.165) is 25.7 Å². The summed E-state index contributed by atoms with van der Waals surface area (Å²) >= 11 is 0. The van der Waals surface area contributed by atoms with Crippen LogP contribution < -0.4 is 4.74 Å². The molecule has 0 aromatic heterocycles. The summed E-state index contributed by atoms with van der Waals surface area (Å²) in [6, 6.07) is 4.48. The molecule has 0 aliphatic carbocycles. The molecular formula is C15H22O4. The number of rotatable bonds is 8. The van der Waals surface area contributed by atoms with E-state index in [4.69, 9.17) is 9.47 Å². The molecule has 0 radical (unpaired) electrons. The van der Waals surface area contributed by atoms with Crippen molar-refractivity contribution in [2.45, 2.75) is 39.5 Å². The number of unbranched alkanes of at least 4 members (excludes halogenated alkanes) is 3. The summed E-state index contributed by atoms with van der Waals surface area (Å²) in [5.74, 6) is -0.0401. The van der Waals surface area contributed by atoms with Crippen LogP contribution in [-0.4, -0.2) is 24.3 Å². The Hall–Kier alpha value is -1.71. The van der Waals surface area contributed by atoms with Crippen molar-refractivity contribution >= 4 is 5.97 Å². The molecule has 0 heterocycles. The van der Waals surface area contributed by atoms with E-state index < -0.39 is 0 Å². The number of carbonyl (C=O) groups excluding carboxylic acids is 1. The van der Waals surface area contributed by atoms with Crippen molar-refractivity contribution in [1.82, 2.24) is 0 Å². The van der Waals surface area contributed by atoms with Crippen LogP contribution >= 0.6 is 0 Å². The minimum absolute atomic E-state index is 0.0290. The third-order valence-corrected chi connectivity index (χ3v) is 2.73. The van der Waals surface area contributed by atoms with Gasteiger partial charge in [0.15, 0.2) is 11.5 Å². The second kappa shape index (κ2) is 8.40. The van der Waals surface area contributed by atoms with Crippen LogP contribution in [0.5, 0.6) is 11.5 Å². The highest BCUT2D eigenvalue weighted by atomic mass is 16.5. The van der Waals surface area contributed by atoms with Crippen LogP contribution in [0.1, 0.15) is 49.9 Å². The second-order valence-electron chi connectivity index (χ2n) is 4.31. The Morgan fingerprint density at radius 3 is 2.68 bits per heavy atom. The SMILES string of the molecule is CCCCCCOC(=O)c1ccc(O)c(OCC)c1. The zero-order chi connectivity index (χ0) is 14.1. The molecule has 0 saturated heterocycles. The van der Waals surface area contributed by atoms with Crippen LogP contribution in [0.2, 0.25) is 0 Å². The number of phenolic OH excluding ortho intramolecular Hbond substituents is 1. The number of aromatic hydroxyl groups is 1. The first-order valence-corrected chi connectivity index (χ1v) is 6.82. The van der Waals surface area contributed by atoms with Crippen molar-refractivity contribution < 1.29 is 19.4 Å². The van der Waals surface area contributed by atoms with Crippen molar-refractivity contribution in [1.29, 1.82) is 0 Å². The molecule has 0 aliphatic rings. The first-order chi connectivity index (χ1) is 9.19. The quantitative estimate of drug-likeness (QED) is 0.577. The fourth-order valence-corrected chi connectivity index (χ4v) is 1.69. The maximum absolute atomic E-state index is 11.8. The van der Waals surface area contributed by atoms with E-state index in [-0.39, 0.29) is 11.7 Å². The molecule has 1 aromatic rings. The van der Waals surface area contributed by atoms with Crippen LogP contribution in [-0.2, 0) is 4.74 Å². The van der Waals surface area contributed by atoms with Crippen molar-refractivity contribution in [3.05, 3.63) is 23.8 Å². The van der Waals surface area contributed by atoms with E-state index in [2.05, 4.69) is 6.92 Å². The van der Waals surface area contributed by atoms with Crippen molar-refractivity contribution in [2.24, 2.45) is 0 Å².